The molecule has 1 N–H and O–H groups in total. The molecule has 0 fully saturated rings. The molecule has 134 valence electrons. The summed E-state index contributed by atoms with van der Waals surface area (Å²) in [5.74, 6) is 0.285. The SMILES string of the molecule is CCOc1ccc(NC(=O)CN(Cc2cccnc2)S(C)(=O)=O)cc1. The van der Waals surface area contributed by atoms with Gasteiger partial charge in [0.15, 0.2) is 0 Å². The van der Waals surface area contributed by atoms with Crippen molar-refractivity contribution in [2.75, 3.05) is 24.7 Å². The molecule has 25 heavy (non-hydrogen) atoms. The van der Waals surface area contributed by atoms with Crippen LogP contribution in [0.5, 0.6) is 5.75 Å². The zero-order valence-corrected chi connectivity index (χ0v) is 15.0. The van der Waals surface area contributed by atoms with Gasteiger partial charge in [-0.15, -0.1) is 0 Å². The summed E-state index contributed by atoms with van der Waals surface area (Å²) in [6, 6.07) is 10.4. The van der Waals surface area contributed by atoms with Crippen LogP contribution in [-0.2, 0) is 21.4 Å². The highest BCUT2D eigenvalue weighted by atomic mass is 32.2. The molecule has 0 bridgehead atoms. The fourth-order valence-corrected chi connectivity index (χ4v) is 2.88. The number of carbonyl (C=O) groups excluding carboxylic acids is 1. The second kappa shape index (κ2) is 8.59. The van der Waals surface area contributed by atoms with Gasteiger partial charge in [-0.2, -0.15) is 4.31 Å². The fourth-order valence-electron chi connectivity index (χ4n) is 2.15. The van der Waals surface area contributed by atoms with Gasteiger partial charge in [-0.25, -0.2) is 8.42 Å². The van der Waals surface area contributed by atoms with Crippen LogP contribution in [0.4, 0.5) is 5.69 Å². The van der Waals surface area contributed by atoms with E-state index in [-0.39, 0.29) is 13.1 Å². The monoisotopic (exact) mass is 363 g/mol. The van der Waals surface area contributed by atoms with Gasteiger partial charge < -0.3 is 10.1 Å². The molecular formula is C17H21N3O4S. The maximum atomic E-state index is 12.2. The number of hydrogen-bond acceptors (Lipinski definition) is 5. The first-order valence-corrected chi connectivity index (χ1v) is 9.60. The number of benzene rings is 1. The Kier molecular flexibility index (Phi) is 6.49. The lowest BCUT2D eigenvalue weighted by Gasteiger charge is -2.19. The number of anilines is 1. The van der Waals surface area contributed by atoms with Gasteiger partial charge in [-0.1, -0.05) is 6.07 Å². The van der Waals surface area contributed by atoms with Crippen LogP contribution < -0.4 is 10.1 Å². The number of amides is 1. The summed E-state index contributed by atoms with van der Waals surface area (Å²) in [6.45, 7) is 2.26. The minimum absolute atomic E-state index is 0.0867. The number of ether oxygens (including phenoxy) is 1. The van der Waals surface area contributed by atoms with E-state index in [9.17, 15) is 13.2 Å². The average Bonchev–Trinajstić information content (AvgIpc) is 2.56. The van der Waals surface area contributed by atoms with E-state index in [4.69, 9.17) is 4.74 Å². The third kappa shape index (κ3) is 6.17. The molecule has 0 unspecified atom stereocenters. The van der Waals surface area contributed by atoms with Crippen LogP contribution in [0.15, 0.2) is 48.8 Å². The summed E-state index contributed by atoms with van der Waals surface area (Å²) in [5.41, 5.74) is 1.28. The molecule has 8 heteroatoms. The Morgan fingerprint density at radius 3 is 2.52 bits per heavy atom. The van der Waals surface area contributed by atoms with Crippen LogP contribution in [0.25, 0.3) is 0 Å². The standard InChI is InChI=1S/C17H21N3O4S/c1-3-24-16-8-6-15(7-9-16)19-17(21)13-20(25(2,22)23)12-14-5-4-10-18-11-14/h4-11H,3,12-13H2,1-2H3,(H,19,21). The third-order valence-corrected chi connectivity index (χ3v) is 4.52. The van der Waals surface area contributed by atoms with E-state index >= 15 is 0 Å². The van der Waals surface area contributed by atoms with Crippen molar-refractivity contribution in [2.45, 2.75) is 13.5 Å². The van der Waals surface area contributed by atoms with Crippen molar-refractivity contribution in [3.8, 4) is 5.75 Å². The van der Waals surface area contributed by atoms with E-state index in [1.807, 2.05) is 6.92 Å². The van der Waals surface area contributed by atoms with Crippen molar-refractivity contribution >= 4 is 21.6 Å². The highest BCUT2D eigenvalue weighted by Gasteiger charge is 2.20. The average molecular weight is 363 g/mol. The van der Waals surface area contributed by atoms with Crippen LogP contribution in [0.2, 0.25) is 0 Å². The molecule has 0 atom stereocenters. The molecule has 1 aromatic carbocycles. The third-order valence-electron chi connectivity index (χ3n) is 3.32. The van der Waals surface area contributed by atoms with Crippen molar-refractivity contribution < 1.29 is 17.9 Å². The van der Waals surface area contributed by atoms with Gasteiger partial charge in [0.05, 0.1) is 19.4 Å². The number of hydrogen-bond donors (Lipinski definition) is 1. The Morgan fingerprint density at radius 2 is 1.96 bits per heavy atom. The maximum Gasteiger partial charge on any atom is 0.239 e. The molecule has 0 spiro atoms. The van der Waals surface area contributed by atoms with Crippen molar-refractivity contribution in [1.82, 2.24) is 9.29 Å². The lowest BCUT2D eigenvalue weighted by Crippen LogP contribution is -2.36. The fraction of sp³-hybridized carbons (Fsp3) is 0.294. The first kappa shape index (κ1) is 18.9. The molecule has 0 saturated heterocycles. The maximum absolute atomic E-state index is 12.2. The predicted molar refractivity (Wildman–Crippen MR) is 95.7 cm³/mol. The normalized spacial score (nSPS) is 11.3. The number of rotatable bonds is 8. The molecule has 0 aliphatic rings. The van der Waals surface area contributed by atoms with Gasteiger partial charge in [0.25, 0.3) is 0 Å². The van der Waals surface area contributed by atoms with Gasteiger partial charge in [-0.3, -0.25) is 9.78 Å². The highest BCUT2D eigenvalue weighted by Crippen LogP contribution is 2.16. The molecule has 0 saturated carbocycles. The van der Waals surface area contributed by atoms with Crippen LogP contribution in [-0.4, -0.2) is 43.0 Å². The lowest BCUT2D eigenvalue weighted by molar-refractivity contribution is -0.116. The number of carbonyl (C=O) groups is 1. The van der Waals surface area contributed by atoms with E-state index in [0.717, 1.165) is 10.6 Å². The molecule has 0 radical (unpaired) electrons. The topological polar surface area (TPSA) is 88.6 Å². The summed E-state index contributed by atoms with van der Waals surface area (Å²) >= 11 is 0. The van der Waals surface area contributed by atoms with Gasteiger partial charge in [-0.05, 0) is 42.8 Å². The summed E-state index contributed by atoms with van der Waals surface area (Å²) < 4.78 is 30.3. The number of pyridine rings is 1. The largest absolute Gasteiger partial charge is 0.494 e. The van der Waals surface area contributed by atoms with E-state index < -0.39 is 15.9 Å². The lowest BCUT2D eigenvalue weighted by atomic mass is 10.3. The second-order valence-corrected chi connectivity index (χ2v) is 7.38. The number of nitrogens with one attached hydrogen (secondary N) is 1. The summed E-state index contributed by atoms with van der Waals surface area (Å²) in [7, 11) is -3.54. The Labute approximate surface area is 147 Å². The second-order valence-electron chi connectivity index (χ2n) is 5.40. The van der Waals surface area contributed by atoms with Crippen molar-refractivity contribution in [3.05, 3.63) is 54.4 Å². The number of sulfonamides is 1. The molecule has 1 amide bonds. The zero-order chi connectivity index (χ0) is 18.3. The van der Waals surface area contributed by atoms with Crippen molar-refractivity contribution in [1.29, 1.82) is 0 Å². The summed E-state index contributed by atoms with van der Waals surface area (Å²) in [6.07, 6.45) is 4.25. The molecule has 1 aromatic heterocycles. The van der Waals surface area contributed by atoms with Crippen LogP contribution in [0.1, 0.15) is 12.5 Å². The smallest absolute Gasteiger partial charge is 0.239 e. The Bertz CT molecular complexity index is 792. The van der Waals surface area contributed by atoms with Gasteiger partial charge >= 0.3 is 0 Å². The molecule has 2 rings (SSSR count). The zero-order valence-electron chi connectivity index (χ0n) is 14.2. The Morgan fingerprint density at radius 1 is 1.24 bits per heavy atom. The van der Waals surface area contributed by atoms with E-state index in [0.29, 0.717) is 23.6 Å². The van der Waals surface area contributed by atoms with E-state index in [1.165, 1.54) is 0 Å². The highest BCUT2D eigenvalue weighted by molar-refractivity contribution is 7.88. The van der Waals surface area contributed by atoms with E-state index in [2.05, 4.69) is 10.3 Å². The van der Waals surface area contributed by atoms with Gasteiger partial charge in [0.1, 0.15) is 5.75 Å². The van der Waals surface area contributed by atoms with Crippen molar-refractivity contribution in [3.63, 3.8) is 0 Å². The molecule has 7 nitrogen and oxygen atoms in total. The van der Waals surface area contributed by atoms with Crippen LogP contribution in [0.3, 0.4) is 0 Å². The minimum atomic E-state index is -3.54. The van der Waals surface area contributed by atoms with Crippen molar-refractivity contribution in [2.24, 2.45) is 0 Å². The summed E-state index contributed by atoms with van der Waals surface area (Å²) in [5, 5.41) is 2.68. The quantitative estimate of drug-likeness (QED) is 0.774. The Balaban J connectivity index is 2.01. The van der Waals surface area contributed by atoms with Crippen LogP contribution in [0, 0.1) is 0 Å². The first-order valence-electron chi connectivity index (χ1n) is 7.75. The first-order chi connectivity index (χ1) is 11.9. The minimum Gasteiger partial charge on any atom is -0.494 e. The van der Waals surface area contributed by atoms with Gasteiger partial charge in [0.2, 0.25) is 15.9 Å². The summed E-state index contributed by atoms with van der Waals surface area (Å²) in [4.78, 5) is 16.2. The molecule has 1 heterocycles. The molecule has 0 aliphatic carbocycles. The molecular weight excluding hydrogens is 342 g/mol. The van der Waals surface area contributed by atoms with Crippen LogP contribution >= 0.6 is 0 Å². The number of nitrogens with zero attached hydrogens (tertiary/aromatic N) is 2. The molecule has 2 aromatic rings. The van der Waals surface area contributed by atoms with E-state index in [1.54, 1.807) is 48.8 Å². The number of aromatic nitrogens is 1. The predicted octanol–water partition coefficient (Wildman–Crippen LogP) is 1.88. The molecule has 0 aliphatic heterocycles. The Hall–Kier alpha value is -2.45. The van der Waals surface area contributed by atoms with Gasteiger partial charge in [0, 0.05) is 24.6 Å².